The lowest BCUT2D eigenvalue weighted by atomic mass is 10.0. The minimum Gasteiger partial charge on any atom is -0.315 e. The zero-order valence-electron chi connectivity index (χ0n) is 15.9. The van der Waals surface area contributed by atoms with Gasteiger partial charge in [-0.2, -0.15) is 0 Å². The van der Waals surface area contributed by atoms with Gasteiger partial charge in [0.05, 0.1) is 0 Å². The van der Waals surface area contributed by atoms with Gasteiger partial charge in [0.15, 0.2) is 0 Å². The van der Waals surface area contributed by atoms with Crippen LogP contribution < -0.4 is 0 Å². The Kier molecular flexibility index (Phi) is 5.38. The van der Waals surface area contributed by atoms with Crippen molar-refractivity contribution in [3.63, 3.8) is 0 Å². The number of benzene rings is 2. The Morgan fingerprint density at radius 1 is 0.607 bits per heavy atom. The Balaban J connectivity index is 1.47. The molecule has 2 aromatic rings. The van der Waals surface area contributed by atoms with Gasteiger partial charge in [-0.1, -0.05) is 36.4 Å². The van der Waals surface area contributed by atoms with E-state index >= 15 is 0 Å². The molecule has 0 saturated heterocycles. The molecule has 2 aliphatic rings. The molecule has 0 saturated carbocycles. The number of rotatable bonds is 3. The van der Waals surface area contributed by atoms with Gasteiger partial charge in [0.1, 0.15) is 0 Å². The number of hydrogen-bond acceptors (Lipinski definition) is 2. The minimum absolute atomic E-state index is 0.0398. The summed E-state index contributed by atoms with van der Waals surface area (Å²) in [6.45, 7) is 1.55. The van der Waals surface area contributed by atoms with E-state index in [-0.39, 0.29) is 11.8 Å². The van der Waals surface area contributed by atoms with Crippen LogP contribution in [0.15, 0.2) is 73.1 Å². The van der Waals surface area contributed by atoms with Crippen LogP contribution in [-0.4, -0.2) is 34.7 Å². The third-order valence-corrected chi connectivity index (χ3v) is 5.23. The summed E-state index contributed by atoms with van der Waals surface area (Å²) < 4.78 is 0. The fourth-order valence-corrected chi connectivity index (χ4v) is 3.59. The van der Waals surface area contributed by atoms with E-state index in [1.165, 1.54) is 0 Å². The maximum absolute atomic E-state index is 12.5. The Morgan fingerprint density at radius 3 is 1.32 bits per heavy atom. The van der Waals surface area contributed by atoms with E-state index in [0.717, 1.165) is 49.9 Å². The van der Waals surface area contributed by atoms with Crippen LogP contribution in [0.5, 0.6) is 0 Å². The van der Waals surface area contributed by atoms with Gasteiger partial charge in [0.2, 0.25) is 0 Å². The van der Waals surface area contributed by atoms with Gasteiger partial charge < -0.3 is 9.80 Å². The molecule has 0 spiro atoms. The first-order valence-corrected chi connectivity index (χ1v) is 9.88. The van der Waals surface area contributed by atoms with E-state index in [2.05, 4.69) is 0 Å². The van der Waals surface area contributed by atoms with Crippen LogP contribution >= 0.6 is 0 Å². The van der Waals surface area contributed by atoms with E-state index in [0.29, 0.717) is 11.1 Å². The molecule has 0 bridgehead atoms. The van der Waals surface area contributed by atoms with Crippen LogP contribution in [0, 0.1) is 0 Å². The number of amides is 2. The molecule has 4 rings (SSSR count). The predicted molar refractivity (Wildman–Crippen MR) is 111 cm³/mol. The molecule has 0 atom stereocenters. The highest BCUT2D eigenvalue weighted by Gasteiger charge is 2.16. The van der Waals surface area contributed by atoms with Crippen molar-refractivity contribution >= 4 is 11.8 Å². The predicted octanol–water partition coefficient (Wildman–Crippen LogP) is 4.85. The van der Waals surface area contributed by atoms with Gasteiger partial charge in [-0.15, -0.1) is 0 Å². The number of hydrogen-bond donors (Lipinski definition) is 0. The van der Waals surface area contributed by atoms with E-state index in [9.17, 15) is 9.59 Å². The quantitative estimate of drug-likeness (QED) is 0.772. The number of nitrogens with zero attached hydrogens (tertiary/aromatic N) is 2. The topological polar surface area (TPSA) is 40.6 Å². The molecule has 28 heavy (non-hydrogen) atoms. The lowest BCUT2D eigenvalue weighted by Crippen LogP contribution is -2.28. The molecule has 0 radical (unpaired) electrons. The third kappa shape index (κ3) is 3.91. The van der Waals surface area contributed by atoms with E-state index in [1.807, 2.05) is 73.1 Å². The second-order valence-corrected chi connectivity index (χ2v) is 7.21. The maximum atomic E-state index is 12.5. The molecule has 0 fully saturated rings. The molecular formula is C24H24N2O2. The lowest BCUT2D eigenvalue weighted by molar-refractivity contribution is 0.0807. The number of carbonyl (C=O) groups excluding carboxylic acids is 2. The average Bonchev–Trinajstić information content (AvgIpc) is 2.79. The molecule has 4 nitrogen and oxygen atoms in total. The van der Waals surface area contributed by atoms with Gasteiger partial charge >= 0.3 is 0 Å². The van der Waals surface area contributed by atoms with Crippen molar-refractivity contribution < 1.29 is 9.59 Å². The minimum atomic E-state index is 0.0398. The van der Waals surface area contributed by atoms with Crippen molar-refractivity contribution in [2.75, 3.05) is 13.1 Å². The van der Waals surface area contributed by atoms with Crippen molar-refractivity contribution in [3.8, 4) is 11.1 Å². The molecule has 2 aromatic carbocycles. The van der Waals surface area contributed by atoms with Crippen molar-refractivity contribution in [1.82, 2.24) is 9.80 Å². The van der Waals surface area contributed by atoms with Crippen LogP contribution in [0.4, 0.5) is 0 Å². The lowest BCUT2D eigenvalue weighted by Gasteiger charge is -2.21. The summed E-state index contributed by atoms with van der Waals surface area (Å²) in [5, 5.41) is 0. The third-order valence-electron chi connectivity index (χ3n) is 5.23. The Morgan fingerprint density at radius 2 is 1.00 bits per heavy atom. The number of carbonyl (C=O) groups is 2. The molecule has 0 N–H and O–H groups in total. The second kappa shape index (κ2) is 8.26. The van der Waals surface area contributed by atoms with Crippen molar-refractivity contribution in [3.05, 3.63) is 84.2 Å². The molecule has 0 aliphatic carbocycles. The average molecular weight is 372 g/mol. The summed E-state index contributed by atoms with van der Waals surface area (Å²) in [5.41, 5.74) is 3.45. The van der Waals surface area contributed by atoms with Crippen LogP contribution in [0.25, 0.3) is 11.1 Å². The van der Waals surface area contributed by atoms with Gasteiger partial charge in [0, 0.05) is 36.6 Å². The summed E-state index contributed by atoms with van der Waals surface area (Å²) in [7, 11) is 0. The standard InChI is InChI=1S/C24H24N2O2/c27-23(25-15-3-1-4-16-25)21-11-7-19(8-12-21)20-9-13-22(14-10-20)24(28)26-17-5-2-6-18-26/h3,5,7-15,17H,1-2,4,6,16,18H2. The number of allylic oxidation sites excluding steroid dienone is 2. The Labute approximate surface area is 165 Å². The zero-order valence-corrected chi connectivity index (χ0v) is 15.9. The fraction of sp³-hybridized carbons (Fsp3) is 0.250. The van der Waals surface area contributed by atoms with Gasteiger partial charge in [-0.3, -0.25) is 9.59 Å². The first-order valence-electron chi connectivity index (χ1n) is 9.88. The first-order chi connectivity index (χ1) is 13.7. The smallest absolute Gasteiger partial charge is 0.257 e. The summed E-state index contributed by atoms with van der Waals surface area (Å²) in [4.78, 5) is 28.6. The van der Waals surface area contributed by atoms with Crippen LogP contribution in [-0.2, 0) is 0 Å². The highest BCUT2D eigenvalue weighted by Crippen LogP contribution is 2.22. The van der Waals surface area contributed by atoms with Gasteiger partial charge in [-0.25, -0.2) is 0 Å². The van der Waals surface area contributed by atoms with Crippen LogP contribution in [0.2, 0.25) is 0 Å². The summed E-state index contributed by atoms with van der Waals surface area (Å²) >= 11 is 0. The van der Waals surface area contributed by atoms with E-state index < -0.39 is 0 Å². The highest BCUT2D eigenvalue weighted by atomic mass is 16.2. The molecule has 0 aromatic heterocycles. The summed E-state index contributed by atoms with van der Waals surface area (Å²) in [6.07, 6.45) is 11.9. The van der Waals surface area contributed by atoms with Gasteiger partial charge in [-0.05, 0) is 61.1 Å². The fourth-order valence-electron chi connectivity index (χ4n) is 3.59. The molecule has 2 heterocycles. The monoisotopic (exact) mass is 372 g/mol. The van der Waals surface area contributed by atoms with Crippen molar-refractivity contribution in [1.29, 1.82) is 0 Å². The second-order valence-electron chi connectivity index (χ2n) is 7.21. The van der Waals surface area contributed by atoms with Gasteiger partial charge in [0.25, 0.3) is 11.8 Å². The van der Waals surface area contributed by atoms with E-state index in [4.69, 9.17) is 0 Å². The van der Waals surface area contributed by atoms with Crippen LogP contribution in [0.1, 0.15) is 46.4 Å². The van der Waals surface area contributed by atoms with Crippen LogP contribution in [0.3, 0.4) is 0 Å². The van der Waals surface area contributed by atoms with E-state index in [1.54, 1.807) is 9.80 Å². The SMILES string of the molecule is O=C(c1ccc(-c2ccc(C(=O)N3C=CCCC3)cc2)cc1)N1C=CCCC1. The molecule has 142 valence electrons. The molecule has 4 heteroatoms. The first kappa shape index (κ1) is 18.2. The largest absolute Gasteiger partial charge is 0.315 e. The maximum Gasteiger partial charge on any atom is 0.257 e. The Bertz CT molecular complexity index is 833. The molecule has 2 aliphatic heterocycles. The normalized spacial score (nSPS) is 16.3. The highest BCUT2D eigenvalue weighted by molar-refractivity contribution is 5.96. The molecule has 0 unspecified atom stereocenters. The molecular weight excluding hydrogens is 348 g/mol. The van der Waals surface area contributed by atoms with Crippen molar-refractivity contribution in [2.24, 2.45) is 0 Å². The summed E-state index contributed by atoms with van der Waals surface area (Å²) in [5.74, 6) is 0.0797. The Hall–Kier alpha value is -3.14. The summed E-state index contributed by atoms with van der Waals surface area (Å²) in [6, 6.07) is 15.3. The molecule has 2 amide bonds. The zero-order chi connectivity index (χ0) is 19.3. The van der Waals surface area contributed by atoms with Crippen molar-refractivity contribution in [2.45, 2.75) is 25.7 Å².